The van der Waals surface area contributed by atoms with E-state index in [1.807, 2.05) is 60.0 Å². The topological polar surface area (TPSA) is 143 Å². The molecule has 1 atom stereocenters. The second kappa shape index (κ2) is 16.0. The van der Waals surface area contributed by atoms with Gasteiger partial charge >= 0.3 is 12.1 Å². The number of amides is 4. The van der Waals surface area contributed by atoms with Crippen LogP contribution in [0.2, 0.25) is 0 Å². The fourth-order valence-corrected chi connectivity index (χ4v) is 9.59. The minimum absolute atomic E-state index is 0.00958. The zero-order chi connectivity index (χ0) is 37.2. The Kier molecular flexibility index (Phi) is 11.7. The Morgan fingerprint density at radius 2 is 1.46 bits per heavy atom. The molecule has 4 aliphatic heterocycles. The fraction of sp³-hybridized carbons (Fsp3) is 0.605. The minimum Gasteiger partial charge on any atom is -0.507 e. The average Bonchev–Trinajstić information content (AvgIpc) is 3.31. The van der Waals surface area contributed by atoms with Gasteiger partial charge in [-0.1, -0.05) is 30.3 Å². The van der Waals surface area contributed by atoms with Gasteiger partial charge in [-0.25, -0.2) is 9.59 Å². The maximum absolute atomic E-state index is 14.1. The molecular formula is C38H54N6O7S. The van der Waals surface area contributed by atoms with Gasteiger partial charge in [0.25, 0.3) is 16.1 Å². The number of phenols is 1. The molecule has 4 aliphatic rings. The third-order valence-corrected chi connectivity index (χ3v) is 13.5. The normalized spacial score (nSPS) is 20.7. The summed E-state index contributed by atoms with van der Waals surface area (Å²) in [5.74, 6) is 0.790. The van der Waals surface area contributed by atoms with Crippen LogP contribution in [-0.4, -0.2) is 127 Å². The van der Waals surface area contributed by atoms with Gasteiger partial charge in [0, 0.05) is 78.1 Å². The monoisotopic (exact) mass is 738 g/mol. The highest BCUT2D eigenvalue weighted by Crippen LogP contribution is 2.34. The predicted molar refractivity (Wildman–Crippen MR) is 198 cm³/mol. The number of rotatable bonds is 8. The molecule has 0 radical (unpaired) electrons. The van der Waals surface area contributed by atoms with Gasteiger partial charge in [-0.2, -0.15) is 17.0 Å². The van der Waals surface area contributed by atoms with Gasteiger partial charge < -0.3 is 29.9 Å². The van der Waals surface area contributed by atoms with Crippen LogP contribution in [0, 0.1) is 25.7 Å². The molecular weight excluding hydrogens is 685 g/mol. The van der Waals surface area contributed by atoms with Crippen LogP contribution in [0.1, 0.15) is 60.8 Å². The number of phenolic OH excluding ortho intramolecular Hbond substituents is 1. The lowest BCUT2D eigenvalue weighted by molar-refractivity contribution is -0.142. The number of ether oxygens (including phenoxy) is 1. The first-order chi connectivity index (χ1) is 24.8. The van der Waals surface area contributed by atoms with E-state index in [-0.39, 0.29) is 30.2 Å². The first kappa shape index (κ1) is 37.9. The highest BCUT2D eigenvalue weighted by molar-refractivity contribution is 7.86. The van der Waals surface area contributed by atoms with Crippen molar-refractivity contribution in [3.8, 4) is 5.75 Å². The standard InChI is InChI=1S/C38H54N6O7S/c1-26-23-28(24-27(2)35(26)45)25-34(36(46)41-16-9-29(10-17-41)30-11-20-43(21-12-30)52(49,50)40(3)4)51-38(48)42-18-14-32(15-19-42)44-22-13-31-7-5-6-8-33(31)39-37(44)47/h5-8,23-24,29-30,32,34,45H,9-22,25H2,1-4H3,(H,39,47)/t34-/m1/s1. The van der Waals surface area contributed by atoms with Gasteiger partial charge in [0.05, 0.1) is 0 Å². The molecule has 284 valence electrons. The van der Waals surface area contributed by atoms with E-state index >= 15 is 0 Å². The number of likely N-dealkylation sites (tertiary alicyclic amines) is 2. The summed E-state index contributed by atoms with van der Waals surface area (Å²) in [5, 5.41) is 13.4. The van der Waals surface area contributed by atoms with Gasteiger partial charge in [-0.3, -0.25) is 4.79 Å². The maximum atomic E-state index is 14.1. The lowest BCUT2D eigenvalue weighted by Crippen LogP contribution is -2.52. The summed E-state index contributed by atoms with van der Waals surface area (Å²) in [6.07, 6.45) is 3.85. The number of nitrogens with zero attached hydrogens (tertiary/aromatic N) is 5. The van der Waals surface area contributed by atoms with Crippen LogP contribution in [0.3, 0.4) is 0 Å². The lowest BCUT2D eigenvalue weighted by atomic mass is 9.79. The van der Waals surface area contributed by atoms with E-state index in [0.29, 0.717) is 81.6 Å². The number of anilines is 1. The van der Waals surface area contributed by atoms with Crippen molar-refractivity contribution in [2.45, 2.75) is 77.4 Å². The first-order valence-electron chi connectivity index (χ1n) is 18.7. The molecule has 6 rings (SSSR count). The van der Waals surface area contributed by atoms with Crippen molar-refractivity contribution in [2.24, 2.45) is 11.8 Å². The van der Waals surface area contributed by atoms with E-state index < -0.39 is 22.4 Å². The van der Waals surface area contributed by atoms with E-state index in [1.165, 1.54) is 4.31 Å². The Morgan fingerprint density at radius 3 is 2.08 bits per heavy atom. The van der Waals surface area contributed by atoms with Gasteiger partial charge in [-0.05, 0) is 98.9 Å². The Labute approximate surface area is 308 Å². The van der Waals surface area contributed by atoms with E-state index in [2.05, 4.69) is 5.32 Å². The summed E-state index contributed by atoms with van der Waals surface area (Å²) < 4.78 is 34.1. The second-order valence-corrected chi connectivity index (χ2v) is 17.2. The highest BCUT2D eigenvalue weighted by Gasteiger charge is 2.38. The minimum atomic E-state index is -3.42. The number of hydrogen-bond donors (Lipinski definition) is 2. The molecule has 3 fully saturated rings. The lowest BCUT2D eigenvalue weighted by Gasteiger charge is -2.41. The third-order valence-electron chi connectivity index (χ3n) is 11.6. The number of carbonyl (C=O) groups excluding carboxylic acids is 3. The van der Waals surface area contributed by atoms with Crippen molar-refractivity contribution >= 4 is 33.9 Å². The van der Waals surface area contributed by atoms with Crippen molar-refractivity contribution < 1.29 is 32.6 Å². The van der Waals surface area contributed by atoms with E-state index in [9.17, 15) is 27.9 Å². The maximum Gasteiger partial charge on any atom is 0.410 e. The zero-order valence-electron chi connectivity index (χ0n) is 30.9. The number of fused-ring (bicyclic) bond motifs is 1. The van der Waals surface area contributed by atoms with E-state index in [0.717, 1.165) is 48.9 Å². The number of nitrogens with one attached hydrogen (secondary N) is 1. The average molecular weight is 739 g/mol. The van der Waals surface area contributed by atoms with Crippen LogP contribution in [0.4, 0.5) is 15.3 Å². The second-order valence-electron chi connectivity index (χ2n) is 15.1. The molecule has 0 saturated carbocycles. The van der Waals surface area contributed by atoms with Gasteiger partial charge in [0.1, 0.15) is 5.75 Å². The molecule has 2 N–H and O–H groups in total. The Balaban J connectivity index is 1.06. The molecule has 3 saturated heterocycles. The van der Waals surface area contributed by atoms with Gasteiger partial charge in [-0.15, -0.1) is 0 Å². The molecule has 2 aromatic rings. The van der Waals surface area contributed by atoms with Gasteiger partial charge in [0.15, 0.2) is 6.10 Å². The highest BCUT2D eigenvalue weighted by atomic mass is 32.2. The molecule has 0 unspecified atom stereocenters. The molecule has 2 aromatic carbocycles. The third kappa shape index (κ3) is 8.34. The molecule has 0 aromatic heterocycles. The van der Waals surface area contributed by atoms with E-state index in [1.54, 1.807) is 23.3 Å². The van der Waals surface area contributed by atoms with Crippen LogP contribution in [0.15, 0.2) is 36.4 Å². The van der Waals surface area contributed by atoms with Crippen LogP contribution < -0.4 is 5.32 Å². The number of para-hydroxylation sites is 1. The largest absolute Gasteiger partial charge is 0.507 e. The number of benzene rings is 2. The van der Waals surface area contributed by atoms with Gasteiger partial charge in [0.2, 0.25) is 0 Å². The van der Waals surface area contributed by atoms with Crippen molar-refractivity contribution in [1.82, 2.24) is 23.3 Å². The van der Waals surface area contributed by atoms with Crippen LogP contribution >= 0.6 is 0 Å². The predicted octanol–water partition coefficient (Wildman–Crippen LogP) is 4.37. The summed E-state index contributed by atoms with van der Waals surface area (Å²) >= 11 is 0. The number of hydrogen-bond acceptors (Lipinski definition) is 7. The van der Waals surface area contributed by atoms with Crippen LogP contribution in [0.25, 0.3) is 0 Å². The SMILES string of the molecule is Cc1cc(C[C@@H](OC(=O)N2CCC(N3CCc4ccccc4NC3=O)CC2)C(=O)N2CCC(C3CCN(S(=O)(=O)N(C)C)CC3)CC2)cc(C)c1O. The Hall–Kier alpha value is -3.88. The Morgan fingerprint density at radius 1 is 0.885 bits per heavy atom. The number of urea groups is 1. The molecule has 13 nitrogen and oxygen atoms in total. The molecule has 0 aliphatic carbocycles. The smallest absolute Gasteiger partial charge is 0.410 e. The summed E-state index contributed by atoms with van der Waals surface area (Å²) in [6.45, 7) is 7.17. The zero-order valence-corrected chi connectivity index (χ0v) is 31.7. The number of carbonyl (C=O) groups is 3. The molecule has 14 heteroatoms. The molecule has 4 heterocycles. The van der Waals surface area contributed by atoms with Crippen LogP contribution in [0.5, 0.6) is 5.75 Å². The number of aromatic hydroxyl groups is 1. The van der Waals surface area contributed by atoms with E-state index in [4.69, 9.17) is 4.74 Å². The van der Waals surface area contributed by atoms with Crippen molar-refractivity contribution in [1.29, 1.82) is 0 Å². The molecule has 0 spiro atoms. The summed E-state index contributed by atoms with van der Waals surface area (Å²) in [7, 11) is -0.304. The van der Waals surface area contributed by atoms with Crippen molar-refractivity contribution in [3.63, 3.8) is 0 Å². The van der Waals surface area contributed by atoms with Crippen LogP contribution in [-0.2, 0) is 32.6 Å². The fourth-order valence-electron chi connectivity index (χ4n) is 8.46. The first-order valence-corrected chi connectivity index (χ1v) is 20.1. The van der Waals surface area contributed by atoms with Crippen molar-refractivity contribution in [2.75, 3.05) is 65.2 Å². The quantitative estimate of drug-likeness (QED) is 0.410. The number of piperidine rings is 3. The Bertz CT molecular complexity index is 1710. The molecule has 0 bridgehead atoms. The number of aryl methyl sites for hydroxylation is 2. The summed E-state index contributed by atoms with van der Waals surface area (Å²) in [5.41, 5.74) is 4.14. The summed E-state index contributed by atoms with van der Waals surface area (Å²) in [4.78, 5) is 46.2. The molecule has 4 amide bonds. The molecule has 52 heavy (non-hydrogen) atoms. The van der Waals surface area contributed by atoms with Crippen molar-refractivity contribution in [3.05, 3.63) is 58.7 Å². The summed E-state index contributed by atoms with van der Waals surface area (Å²) in [6, 6.07) is 11.4.